The Balaban J connectivity index is 1.52. The second kappa shape index (κ2) is 9.31. The molecule has 0 saturated carbocycles. The predicted octanol–water partition coefficient (Wildman–Crippen LogP) is 5.97. The van der Waals surface area contributed by atoms with Gasteiger partial charge in [-0.2, -0.15) is 0 Å². The molecule has 6 heteroatoms. The summed E-state index contributed by atoms with van der Waals surface area (Å²) in [5.74, 6) is 3.03. The second-order valence-electron chi connectivity index (χ2n) is 7.33. The zero-order valence-electron chi connectivity index (χ0n) is 17.9. The fourth-order valence-corrected chi connectivity index (χ4v) is 3.72. The number of benzene rings is 3. The normalized spacial score (nSPS) is 11.0. The van der Waals surface area contributed by atoms with E-state index in [2.05, 4.69) is 10.6 Å². The molecule has 0 spiro atoms. The van der Waals surface area contributed by atoms with Crippen molar-refractivity contribution in [2.24, 2.45) is 0 Å². The van der Waals surface area contributed by atoms with Gasteiger partial charge >= 0.3 is 0 Å². The smallest absolute Gasteiger partial charge is 0.161 e. The lowest BCUT2D eigenvalue weighted by atomic mass is 10.1. The number of para-hydroxylation sites is 4. The Morgan fingerprint density at radius 1 is 0.903 bits per heavy atom. The van der Waals surface area contributed by atoms with E-state index in [1.807, 2.05) is 68.4 Å². The Kier molecular flexibility index (Phi) is 6.33. The second-order valence-corrected chi connectivity index (χ2v) is 7.71. The number of ether oxygens (including phenoxy) is 3. The summed E-state index contributed by atoms with van der Waals surface area (Å²) < 4.78 is 19.6. The number of fused-ring (bicyclic) bond motifs is 1. The third kappa shape index (κ3) is 4.62. The lowest BCUT2D eigenvalue weighted by molar-refractivity contribution is 0.261. The van der Waals surface area contributed by atoms with E-state index in [1.54, 1.807) is 7.11 Å². The average Bonchev–Trinajstić information content (AvgIpc) is 3.13. The SMILES string of the molecule is COc1ccccc1OCc1nc2ccccc2n1CCOc1cc(C)c(Cl)c(C)c1. The van der Waals surface area contributed by atoms with Crippen molar-refractivity contribution in [3.63, 3.8) is 0 Å². The first-order valence-corrected chi connectivity index (χ1v) is 10.5. The van der Waals surface area contributed by atoms with Gasteiger partial charge in [0.15, 0.2) is 11.5 Å². The number of rotatable bonds is 8. The lowest BCUT2D eigenvalue weighted by Crippen LogP contribution is -2.13. The minimum Gasteiger partial charge on any atom is -0.493 e. The number of nitrogens with zero attached hydrogens (tertiary/aromatic N) is 2. The molecule has 0 N–H and O–H groups in total. The summed E-state index contributed by atoms with van der Waals surface area (Å²) in [6.45, 7) is 5.44. The van der Waals surface area contributed by atoms with Crippen molar-refractivity contribution in [2.75, 3.05) is 13.7 Å². The van der Waals surface area contributed by atoms with Gasteiger partial charge < -0.3 is 18.8 Å². The zero-order chi connectivity index (χ0) is 21.8. The highest BCUT2D eigenvalue weighted by molar-refractivity contribution is 6.32. The molecule has 0 aliphatic rings. The largest absolute Gasteiger partial charge is 0.493 e. The van der Waals surface area contributed by atoms with Crippen LogP contribution in [0.2, 0.25) is 5.02 Å². The van der Waals surface area contributed by atoms with Crippen LogP contribution in [-0.4, -0.2) is 23.3 Å². The summed E-state index contributed by atoms with van der Waals surface area (Å²) in [6, 6.07) is 19.6. The first kappa shape index (κ1) is 21.1. The number of methoxy groups -OCH3 is 1. The quantitative estimate of drug-likeness (QED) is 0.341. The van der Waals surface area contributed by atoms with Crippen molar-refractivity contribution >= 4 is 22.6 Å². The van der Waals surface area contributed by atoms with Crippen molar-refractivity contribution in [1.29, 1.82) is 0 Å². The number of imidazole rings is 1. The number of aromatic nitrogens is 2. The van der Waals surface area contributed by atoms with Crippen LogP contribution in [0.4, 0.5) is 0 Å². The van der Waals surface area contributed by atoms with E-state index < -0.39 is 0 Å². The molecular formula is C25H25ClN2O3. The van der Waals surface area contributed by atoms with Gasteiger partial charge in [-0.15, -0.1) is 0 Å². The van der Waals surface area contributed by atoms with Gasteiger partial charge in [0.2, 0.25) is 0 Å². The highest BCUT2D eigenvalue weighted by Crippen LogP contribution is 2.28. The highest BCUT2D eigenvalue weighted by atomic mass is 35.5. The van der Waals surface area contributed by atoms with Crippen LogP contribution in [0.3, 0.4) is 0 Å². The van der Waals surface area contributed by atoms with Crippen molar-refractivity contribution in [3.8, 4) is 17.2 Å². The van der Waals surface area contributed by atoms with Gasteiger partial charge in [-0.1, -0.05) is 35.9 Å². The fraction of sp³-hybridized carbons (Fsp3) is 0.240. The van der Waals surface area contributed by atoms with Crippen LogP contribution in [0.25, 0.3) is 11.0 Å². The van der Waals surface area contributed by atoms with Gasteiger partial charge in [0, 0.05) is 5.02 Å². The molecule has 5 nitrogen and oxygen atoms in total. The molecule has 0 saturated heterocycles. The van der Waals surface area contributed by atoms with Crippen molar-refractivity contribution < 1.29 is 14.2 Å². The molecule has 4 aromatic rings. The fourth-order valence-electron chi connectivity index (χ4n) is 3.61. The maximum absolute atomic E-state index is 6.27. The van der Waals surface area contributed by atoms with Crippen LogP contribution in [0.5, 0.6) is 17.2 Å². The minimum absolute atomic E-state index is 0.328. The van der Waals surface area contributed by atoms with Crippen molar-refractivity contribution in [3.05, 3.63) is 82.6 Å². The number of hydrogen-bond donors (Lipinski definition) is 0. The van der Waals surface area contributed by atoms with Gasteiger partial charge in [-0.25, -0.2) is 4.98 Å². The van der Waals surface area contributed by atoms with E-state index in [-0.39, 0.29) is 0 Å². The van der Waals surface area contributed by atoms with E-state index in [0.717, 1.165) is 38.8 Å². The summed E-state index contributed by atoms with van der Waals surface area (Å²) in [7, 11) is 1.63. The minimum atomic E-state index is 0.328. The average molecular weight is 437 g/mol. The summed E-state index contributed by atoms with van der Waals surface area (Å²) in [5, 5.41) is 0.781. The summed E-state index contributed by atoms with van der Waals surface area (Å²) in [5.41, 5.74) is 4.00. The van der Waals surface area contributed by atoms with Crippen LogP contribution in [0.1, 0.15) is 17.0 Å². The van der Waals surface area contributed by atoms with E-state index in [0.29, 0.717) is 31.3 Å². The third-order valence-electron chi connectivity index (χ3n) is 5.15. The van der Waals surface area contributed by atoms with Crippen molar-refractivity contribution in [1.82, 2.24) is 9.55 Å². The standard InChI is InChI=1S/C25H25ClN2O3/c1-17-14-19(15-18(2)25(17)26)30-13-12-28-21-9-5-4-8-20(21)27-24(28)16-31-23-11-7-6-10-22(23)29-3/h4-11,14-15H,12-13,16H2,1-3H3. The summed E-state index contributed by atoms with van der Waals surface area (Å²) in [6.07, 6.45) is 0. The first-order chi connectivity index (χ1) is 15.1. The van der Waals surface area contributed by atoms with E-state index >= 15 is 0 Å². The van der Waals surface area contributed by atoms with Gasteiger partial charge in [-0.05, 0) is 61.4 Å². The maximum atomic E-state index is 6.27. The molecule has 160 valence electrons. The van der Waals surface area contributed by atoms with Gasteiger partial charge in [0.25, 0.3) is 0 Å². The molecule has 4 rings (SSSR count). The molecule has 0 unspecified atom stereocenters. The molecule has 0 amide bonds. The van der Waals surface area contributed by atoms with Gasteiger partial charge in [0.1, 0.15) is 24.8 Å². The topological polar surface area (TPSA) is 45.5 Å². The maximum Gasteiger partial charge on any atom is 0.161 e. The molecule has 0 bridgehead atoms. The molecule has 0 aliphatic heterocycles. The number of hydrogen-bond acceptors (Lipinski definition) is 4. The third-order valence-corrected chi connectivity index (χ3v) is 5.75. The van der Waals surface area contributed by atoms with E-state index in [1.165, 1.54) is 0 Å². The zero-order valence-corrected chi connectivity index (χ0v) is 18.6. The molecule has 0 atom stereocenters. The Hall–Kier alpha value is -3.18. The van der Waals surface area contributed by atoms with Gasteiger partial charge in [0.05, 0.1) is 24.7 Å². The summed E-state index contributed by atoms with van der Waals surface area (Å²) in [4.78, 5) is 4.77. The Labute approximate surface area is 187 Å². The molecule has 0 aliphatic carbocycles. The van der Waals surface area contributed by atoms with E-state index in [9.17, 15) is 0 Å². The molecular weight excluding hydrogens is 412 g/mol. The van der Waals surface area contributed by atoms with Crippen molar-refractivity contribution in [2.45, 2.75) is 27.0 Å². The van der Waals surface area contributed by atoms with Crippen LogP contribution < -0.4 is 14.2 Å². The van der Waals surface area contributed by atoms with Gasteiger partial charge in [-0.3, -0.25) is 0 Å². The van der Waals surface area contributed by atoms with Crippen LogP contribution in [0, 0.1) is 13.8 Å². The first-order valence-electron chi connectivity index (χ1n) is 10.2. The Morgan fingerprint density at radius 3 is 2.32 bits per heavy atom. The molecule has 1 aromatic heterocycles. The summed E-state index contributed by atoms with van der Waals surface area (Å²) >= 11 is 6.27. The van der Waals surface area contributed by atoms with Crippen LogP contribution in [0.15, 0.2) is 60.7 Å². The molecule has 1 heterocycles. The number of aryl methyl sites for hydroxylation is 2. The molecule has 3 aromatic carbocycles. The highest BCUT2D eigenvalue weighted by Gasteiger charge is 2.13. The lowest BCUT2D eigenvalue weighted by Gasteiger charge is -2.14. The Morgan fingerprint density at radius 2 is 1.58 bits per heavy atom. The Bertz CT molecular complexity index is 1180. The number of halogens is 1. The predicted molar refractivity (Wildman–Crippen MR) is 123 cm³/mol. The molecule has 0 radical (unpaired) electrons. The van der Waals surface area contributed by atoms with Crippen LogP contribution in [-0.2, 0) is 13.2 Å². The van der Waals surface area contributed by atoms with Crippen LogP contribution >= 0.6 is 11.6 Å². The molecule has 0 fully saturated rings. The molecule has 31 heavy (non-hydrogen) atoms. The monoisotopic (exact) mass is 436 g/mol. The van der Waals surface area contributed by atoms with E-state index in [4.69, 9.17) is 30.8 Å².